The molecule has 0 spiro atoms. The number of hydrogen-bond acceptors (Lipinski definition) is 10. The first-order valence-electron chi connectivity index (χ1n) is 9.41. The van der Waals surface area contributed by atoms with Gasteiger partial charge in [0.15, 0.2) is 5.13 Å². The number of rotatable bonds is 7. The second kappa shape index (κ2) is 9.07. The van der Waals surface area contributed by atoms with Gasteiger partial charge in [0.05, 0.1) is 18.9 Å². The number of carbonyl (C=O) groups excluding carboxylic acids is 1. The maximum atomic E-state index is 11.6. The minimum Gasteiger partial charge on any atom is -0.379 e. The fourth-order valence-electron chi connectivity index (χ4n) is 2.83. The van der Waals surface area contributed by atoms with Gasteiger partial charge in [-0.2, -0.15) is 4.98 Å². The zero-order chi connectivity index (χ0) is 20.1. The van der Waals surface area contributed by atoms with Crippen molar-refractivity contribution in [2.45, 2.75) is 19.9 Å². The van der Waals surface area contributed by atoms with Crippen LogP contribution in [0.4, 0.5) is 16.9 Å². The Bertz CT molecular complexity index is 956. The fourth-order valence-corrected chi connectivity index (χ4v) is 3.65. The number of aromatic nitrogens is 4. The summed E-state index contributed by atoms with van der Waals surface area (Å²) in [5.74, 6) is 0.772. The van der Waals surface area contributed by atoms with E-state index in [-0.39, 0.29) is 5.91 Å². The number of pyridine rings is 1. The van der Waals surface area contributed by atoms with Crippen LogP contribution in [0.3, 0.4) is 0 Å². The molecule has 0 aliphatic carbocycles. The first kappa shape index (κ1) is 19.4. The zero-order valence-corrected chi connectivity index (χ0v) is 16.8. The van der Waals surface area contributed by atoms with E-state index < -0.39 is 0 Å². The van der Waals surface area contributed by atoms with Crippen molar-refractivity contribution in [1.82, 2.24) is 30.3 Å². The maximum absolute atomic E-state index is 11.6. The molecule has 4 rings (SSSR count). The molecule has 3 N–H and O–H groups in total. The van der Waals surface area contributed by atoms with Crippen LogP contribution < -0.4 is 16.2 Å². The average molecular weight is 414 g/mol. The highest BCUT2D eigenvalue weighted by molar-refractivity contribution is 7.21. The summed E-state index contributed by atoms with van der Waals surface area (Å²) in [5, 5.41) is 3.93. The highest BCUT2D eigenvalue weighted by atomic mass is 32.1. The number of hydrogen-bond donors (Lipinski definition) is 3. The molecule has 1 aliphatic rings. The lowest BCUT2D eigenvalue weighted by molar-refractivity contribution is -0.120. The third-order valence-corrected chi connectivity index (χ3v) is 5.20. The Morgan fingerprint density at radius 1 is 1.28 bits per heavy atom. The molecule has 0 radical (unpaired) electrons. The molecule has 11 heteroatoms. The Kier molecular flexibility index (Phi) is 6.08. The van der Waals surface area contributed by atoms with Gasteiger partial charge >= 0.3 is 0 Å². The first-order chi connectivity index (χ1) is 14.2. The summed E-state index contributed by atoms with van der Waals surface area (Å²) < 4.78 is 5.41. The van der Waals surface area contributed by atoms with Gasteiger partial charge < -0.3 is 10.1 Å². The molecule has 1 fully saturated rings. The van der Waals surface area contributed by atoms with Crippen LogP contribution in [-0.4, -0.2) is 57.0 Å². The normalized spacial score (nSPS) is 14.7. The van der Waals surface area contributed by atoms with Crippen LogP contribution in [0.5, 0.6) is 0 Å². The molecule has 0 atom stereocenters. The first-order valence-corrected chi connectivity index (χ1v) is 10.2. The number of hydrazine groups is 1. The van der Waals surface area contributed by atoms with Gasteiger partial charge in [0.2, 0.25) is 11.9 Å². The van der Waals surface area contributed by atoms with E-state index in [1.54, 1.807) is 13.1 Å². The van der Waals surface area contributed by atoms with Crippen LogP contribution in [-0.2, 0) is 16.1 Å². The Hall–Kier alpha value is -2.89. The molecule has 1 amide bonds. The van der Waals surface area contributed by atoms with Crippen molar-refractivity contribution in [3.05, 3.63) is 30.1 Å². The van der Waals surface area contributed by atoms with Crippen molar-refractivity contribution in [2.75, 3.05) is 37.0 Å². The van der Waals surface area contributed by atoms with Crippen LogP contribution in [0.1, 0.15) is 19.0 Å². The number of fused-ring (bicyclic) bond motifs is 1. The summed E-state index contributed by atoms with van der Waals surface area (Å²) in [5.41, 5.74) is 7.05. The summed E-state index contributed by atoms with van der Waals surface area (Å²) in [6, 6.07) is 5.66. The second-order valence-corrected chi connectivity index (χ2v) is 7.43. The summed E-state index contributed by atoms with van der Waals surface area (Å²) in [7, 11) is 0. The minimum absolute atomic E-state index is 0.140. The van der Waals surface area contributed by atoms with Gasteiger partial charge in [-0.15, -0.1) is 0 Å². The largest absolute Gasteiger partial charge is 0.379 e. The van der Waals surface area contributed by atoms with Crippen molar-refractivity contribution >= 4 is 44.5 Å². The molecule has 3 aromatic heterocycles. The number of nitrogens with zero attached hydrogens (tertiary/aromatic N) is 5. The molecule has 1 saturated heterocycles. The standard InChI is InChI=1S/C18H22N8O2S/c1-2-15(27)24-25-17-20-12(11-26-6-8-28-9-7-26)10-14(22-17)23-18-21-13-4-3-5-19-16(13)29-18/h3-5,10H,2,6-9,11H2,1H3,(H,24,27)(H2,20,21,22,23,25). The van der Waals surface area contributed by atoms with E-state index in [1.165, 1.54) is 11.3 Å². The highest BCUT2D eigenvalue weighted by Gasteiger charge is 2.14. The Labute approximate surface area is 171 Å². The lowest BCUT2D eigenvalue weighted by atomic mass is 10.3. The summed E-state index contributed by atoms with van der Waals surface area (Å²) in [6.45, 7) is 5.58. The number of anilines is 3. The van der Waals surface area contributed by atoms with E-state index in [4.69, 9.17) is 4.74 Å². The predicted molar refractivity (Wildman–Crippen MR) is 111 cm³/mol. The van der Waals surface area contributed by atoms with E-state index in [1.807, 2.05) is 18.2 Å². The molecule has 0 aromatic carbocycles. The molecule has 0 saturated carbocycles. The van der Waals surface area contributed by atoms with E-state index >= 15 is 0 Å². The zero-order valence-electron chi connectivity index (χ0n) is 16.0. The lowest BCUT2D eigenvalue weighted by Crippen LogP contribution is -2.36. The van der Waals surface area contributed by atoms with Crippen molar-refractivity contribution < 1.29 is 9.53 Å². The maximum Gasteiger partial charge on any atom is 0.244 e. The van der Waals surface area contributed by atoms with Crippen LogP contribution in [0.2, 0.25) is 0 Å². The van der Waals surface area contributed by atoms with Crippen molar-refractivity contribution in [2.24, 2.45) is 0 Å². The molecular weight excluding hydrogens is 392 g/mol. The quantitative estimate of drug-likeness (QED) is 0.498. The van der Waals surface area contributed by atoms with Gasteiger partial charge in [-0.05, 0) is 12.1 Å². The van der Waals surface area contributed by atoms with E-state index in [2.05, 4.69) is 41.0 Å². The average Bonchev–Trinajstić information content (AvgIpc) is 3.15. The molecule has 0 bridgehead atoms. The number of nitrogens with one attached hydrogen (secondary N) is 3. The lowest BCUT2D eigenvalue weighted by Gasteiger charge is -2.26. The van der Waals surface area contributed by atoms with Gasteiger partial charge in [-0.25, -0.2) is 15.0 Å². The molecule has 1 aliphatic heterocycles. The molecule has 10 nitrogen and oxygen atoms in total. The highest BCUT2D eigenvalue weighted by Crippen LogP contribution is 2.26. The van der Waals surface area contributed by atoms with Crippen molar-refractivity contribution in [3.8, 4) is 0 Å². The van der Waals surface area contributed by atoms with Crippen LogP contribution in [0.15, 0.2) is 24.4 Å². The van der Waals surface area contributed by atoms with Crippen LogP contribution in [0, 0.1) is 0 Å². The van der Waals surface area contributed by atoms with Crippen LogP contribution in [0.25, 0.3) is 10.3 Å². The molecular formula is C18H22N8O2S. The van der Waals surface area contributed by atoms with Crippen molar-refractivity contribution in [3.63, 3.8) is 0 Å². The Morgan fingerprint density at radius 2 is 2.14 bits per heavy atom. The molecule has 0 unspecified atom stereocenters. The SMILES string of the molecule is CCC(=O)NNc1nc(CN2CCOCC2)cc(Nc2nc3cccnc3s2)n1. The van der Waals surface area contributed by atoms with E-state index in [9.17, 15) is 4.79 Å². The molecule has 29 heavy (non-hydrogen) atoms. The van der Waals surface area contributed by atoms with Gasteiger partial charge in [-0.1, -0.05) is 18.3 Å². The Balaban J connectivity index is 1.56. The Morgan fingerprint density at radius 3 is 2.93 bits per heavy atom. The molecule has 4 heterocycles. The van der Waals surface area contributed by atoms with Gasteiger partial charge in [0.25, 0.3) is 0 Å². The second-order valence-electron chi connectivity index (χ2n) is 6.46. The van der Waals surface area contributed by atoms with E-state index in [0.717, 1.165) is 29.1 Å². The minimum atomic E-state index is -0.140. The number of carbonyl (C=O) groups is 1. The van der Waals surface area contributed by atoms with Gasteiger partial charge in [0, 0.05) is 38.3 Å². The van der Waals surface area contributed by atoms with Crippen molar-refractivity contribution in [1.29, 1.82) is 0 Å². The fraction of sp³-hybridized carbons (Fsp3) is 0.389. The monoisotopic (exact) mass is 414 g/mol. The summed E-state index contributed by atoms with van der Waals surface area (Å²) >= 11 is 1.45. The third-order valence-electron chi connectivity index (χ3n) is 4.30. The molecule has 3 aromatic rings. The summed E-state index contributed by atoms with van der Waals surface area (Å²) in [4.78, 5) is 32.5. The smallest absolute Gasteiger partial charge is 0.244 e. The van der Waals surface area contributed by atoms with Gasteiger partial charge in [-0.3, -0.25) is 20.5 Å². The molecule has 152 valence electrons. The van der Waals surface area contributed by atoms with E-state index in [0.29, 0.717) is 43.1 Å². The van der Waals surface area contributed by atoms with Gasteiger partial charge in [0.1, 0.15) is 16.2 Å². The number of amides is 1. The number of morpholine rings is 1. The topological polar surface area (TPSA) is 117 Å². The number of thiazole rings is 1. The third kappa shape index (κ3) is 5.13. The predicted octanol–water partition coefficient (Wildman–Crippen LogP) is 1.91. The van der Waals surface area contributed by atoms with Crippen LogP contribution >= 0.6 is 11.3 Å². The number of ether oxygens (including phenoxy) is 1. The summed E-state index contributed by atoms with van der Waals surface area (Å²) in [6.07, 6.45) is 2.11.